The largest absolute Gasteiger partial charge is 0.269 e. The zero-order valence-electron chi connectivity index (χ0n) is 12.1. The minimum atomic E-state index is -0.103. The second-order valence-electron chi connectivity index (χ2n) is 6.13. The predicted molar refractivity (Wildman–Crippen MR) is 79.2 cm³/mol. The highest BCUT2D eigenvalue weighted by Crippen LogP contribution is 2.27. The summed E-state index contributed by atoms with van der Waals surface area (Å²) in [6, 6.07) is 8.36. The van der Waals surface area contributed by atoms with Crippen LogP contribution in [-0.2, 0) is 5.41 Å². The van der Waals surface area contributed by atoms with E-state index in [9.17, 15) is 0 Å². The maximum atomic E-state index is 6.21. The van der Waals surface area contributed by atoms with Crippen LogP contribution in [-0.4, -0.2) is 14.8 Å². The van der Waals surface area contributed by atoms with E-state index >= 15 is 0 Å². The third kappa shape index (κ3) is 2.81. The number of hydrogen-bond donors (Lipinski definition) is 0. The summed E-state index contributed by atoms with van der Waals surface area (Å²) in [5.41, 5.74) is 2.20. The highest BCUT2D eigenvalue weighted by molar-refractivity contribution is 6.28. The molecule has 19 heavy (non-hydrogen) atoms. The van der Waals surface area contributed by atoms with Crippen molar-refractivity contribution in [3.05, 3.63) is 40.9 Å². The Balaban J connectivity index is 2.59. The van der Waals surface area contributed by atoms with Gasteiger partial charge in [-0.1, -0.05) is 46.8 Å². The Hall–Kier alpha value is -1.35. The summed E-state index contributed by atoms with van der Waals surface area (Å²) < 4.78 is 1.92. The van der Waals surface area contributed by atoms with Crippen LogP contribution < -0.4 is 0 Å². The van der Waals surface area contributed by atoms with Crippen molar-refractivity contribution in [3.63, 3.8) is 0 Å². The molecule has 4 heteroatoms. The van der Waals surface area contributed by atoms with Crippen molar-refractivity contribution in [2.24, 2.45) is 0 Å². The molecule has 0 aliphatic carbocycles. The standard InChI is InChI=1S/C15H20ClN3/c1-10(2)11-7-6-8-12(9-11)19-13(15(3,4)5)17-18-14(19)16/h6-10H,1-5H3. The molecular formula is C15H20ClN3. The van der Waals surface area contributed by atoms with Gasteiger partial charge in [0.15, 0.2) is 0 Å². The zero-order chi connectivity index (χ0) is 14.2. The Morgan fingerprint density at radius 2 is 1.84 bits per heavy atom. The summed E-state index contributed by atoms with van der Waals surface area (Å²) in [6.07, 6.45) is 0. The van der Waals surface area contributed by atoms with E-state index in [1.165, 1.54) is 5.56 Å². The van der Waals surface area contributed by atoms with Crippen LogP contribution in [0.5, 0.6) is 0 Å². The van der Waals surface area contributed by atoms with Crippen LogP contribution in [0.4, 0.5) is 0 Å². The first kappa shape index (κ1) is 14.1. The van der Waals surface area contributed by atoms with Crippen molar-refractivity contribution in [2.45, 2.75) is 46.0 Å². The third-order valence-corrected chi connectivity index (χ3v) is 3.33. The molecule has 1 heterocycles. The van der Waals surface area contributed by atoms with Gasteiger partial charge in [0, 0.05) is 5.41 Å². The highest BCUT2D eigenvalue weighted by atomic mass is 35.5. The third-order valence-electron chi connectivity index (χ3n) is 3.09. The van der Waals surface area contributed by atoms with Crippen molar-refractivity contribution >= 4 is 11.6 Å². The fourth-order valence-corrected chi connectivity index (χ4v) is 2.22. The van der Waals surface area contributed by atoms with E-state index in [1.807, 2.05) is 16.7 Å². The summed E-state index contributed by atoms with van der Waals surface area (Å²) in [5.74, 6) is 1.35. The van der Waals surface area contributed by atoms with Crippen molar-refractivity contribution < 1.29 is 0 Å². The molecule has 0 saturated heterocycles. The van der Waals surface area contributed by atoms with Gasteiger partial charge in [-0.15, -0.1) is 10.2 Å². The molecule has 0 amide bonds. The van der Waals surface area contributed by atoms with Gasteiger partial charge in [-0.25, -0.2) is 0 Å². The summed E-state index contributed by atoms with van der Waals surface area (Å²) >= 11 is 6.21. The van der Waals surface area contributed by atoms with Crippen molar-refractivity contribution in [1.82, 2.24) is 14.8 Å². The molecule has 0 spiro atoms. The van der Waals surface area contributed by atoms with Crippen LogP contribution in [0.3, 0.4) is 0 Å². The molecule has 2 rings (SSSR count). The molecular weight excluding hydrogens is 258 g/mol. The highest BCUT2D eigenvalue weighted by Gasteiger charge is 2.24. The summed E-state index contributed by atoms with van der Waals surface area (Å²) in [6.45, 7) is 10.7. The van der Waals surface area contributed by atoms with E-state index in [-0.39, 0.29) is 5.41 Å². The van der Waals surface area contributed by atoms with Gasteiger partial charge in [0.05, 0.1) is 5.69 Å². The van der Waals surface area contributed by atoms with Crippen LogP contribution in [0, 0.1) is 0 Å². The minimum absolute atomic E-state index is 0.103. The second-order valence-corrected chi connectivity index (χ2v) is 6.47. The second kappa shape index (κ2) is 4.97. The summed E-state index contributed by atoms with van der Waals surface area (Å²) in [5, 5.41) is 8.64. The van der Waals surface area contributed by atoms with Gasteiger partial charge in [0.2, 0.25) is 5.28 Å². The van der Waals surface area contributed by atoms with E-state index in [1.54, 1.807) is 0 Å². The van der Waals surface area contributed by atoms with Crippen molar-refractivity contribution in [3.8, 4) is 5.69 Å². The van der Waals surface area contributed by atoms with Gasteiger partial charge < -0.3 is 0 Å². The number of aromatic nitrogens is 3. The van der Waals surface area contributed by atoms with Crippen LogP contribution in [0.15, 0.2) is 24.3 Å². The fraction of sp³-hybridized carbons (Fsp3) is 0.467. The molecule has 0 atom stereocenters. The molecule has 0 N–H and O–H groups in total. The molecule has 1 aromatic carbocycles. The van der Waals surface area contributed by atoms with Gasteiger partial charge in [-0.2, -0.15) is 0 Å². The van der Waals surface area contributed by atoms with E-state index < -0.39 is 0 Å². The van der Waals surface area contributed by atoms with E-state index in [0.29, 0.717) is 11.2 Å². The van der Waals surface area contributed by atoms with Crippen molar-refractivity contribution in [2.75, 3.05) is 0 Å². The first-order valence-corrected chi connectivity index (χ1v) is 6.90. The molecule has 0 saturated carbocycles. The van der Waals surface area contributed by atoms with Crippen LogP contribution >= 0.6 is 11.6 Å². The van der Waals surface area contributed by atoms with Gasteiger partial charge in [-0.3, -0.25) is 4.57 Å². The van der Waals surface area contributed by atoms with E-state index in [2.05, 4.69) is 56.9 Å². The monoisotopic (exact) mass is 277 g/mol. The molecule has 2 aromatic rings. The Labute approximate surface area is 119 Å². The van der Waals surface area contributed by atoms with Crippen LogP contribution in [0.2, 0.25) is 5.28 Å². The number of halogens is 1. The molecule has 0 aliphatic heterocycles. The van der Waals surface area contributed by atoms with Gasteiger partial charge >= 0.3 is 0 Å². The molecule has 102 valence electrons. The molecule has 1 aromatic heterocycles. The number of nitrogens with zero attached hydrogens (tertiary/aromatic N) is 3. The maximum absolute atomic E-state index is 6.21. The van der Waals surface area contributed by atoms with E-state index in [0.717, 1.165) is 11.5 Å². The Morgan fingerprint density at radius 1 is 1.16 bits per heavy atom. The zero-order valence-corrected chi connectivity index (χ0v) is 12.9. The SMILES string of the molecule is CC(C)c1cccc(-n2c(Cl)nnc2C(C)(C)C)c1. The minimum Gasteiger partial charge on any atom is -0.269 e. The lowest BCUT2D eigenvalue weighted by Gasteiger charge is -2.19. The lowest BCUT2D eigenvalue weighted by molar-refractivity contribution is 0.533. The van der Waals surface area contributed by atoms with Gasteiger partial charge in [0.25, 0.3) is 0 Å². The number of hydrogen-bond acceptors (Lipinski definition) is 2. The first-order chi connectivity index (χ1) is 8.80. The van der Waals surface area contributed by atoms with Gasteiger partial charge in [-0.05, 0) is 35.2 Å². The lowest BCUT2D eigenvalue weighted by atomic mass is 9.95. The normalized spacial score (nSPS) is 12.2. The first-order valence-electron chi connectivity index (χ1n) is 6.52. The molecule has 0 radical (unpaired) electrons. The molecule has 3 nitrogen and oxygen atoms in total. The predicted octanol–water partition coefficient (Wildman–Crippen LogP) is 4.34. The van der Waals surface area contributed by atoms with Gasteiger partial charge in [0.1, 0.15) is 5.82 Å². The van der Waals surface area contributed by atoms with E-state index in [4.69, 9.17) is 11.6 Å². The van der Waals surface area contributed by atoms with Crippen LogP contribution in [0.1, 0.15) is 51.9 Å². The average molecular weight is 278 g/mol. The molecule has 0 aliphatic rings. The molecule has 0 bridgehead atoms. The smallest absolute Gasteiger partial charge is 0.229 e. The van der Waals surface area contributed by atoms with Crippen LogP contribution in [0.25, 0.3) is 5.69 Å². The summed E-state index contributed by atoms with van der Waals surface area (Å²) in [7, 11) is 0. The fourth-order valence-electron chi connectivity index (χ4n) is 2.00. The lowest BCUT2D eigenvalue weighted by Crippen LogP contribution is -2.18. The Morgan fingerprint density at radius 3 is 2.42 bits per heavy atom. The average Bonchev–Trinajstić information content (AvgIpc) is 2.71. The maximum Gasteiger partial charge on any atom is 0.229 e. The Kier molecular flexibility index (Phi) is 3.68. The topological polar surface area (TPSA) is 30.7 Å². The quantitative estimate of drug-likeness (QED) is 0.817. The summed E-state index contributed by atoms with van der Waals surface area (Å²) in [4.78, 5) is 0. The Bertz CT molecular complexity index is 579. The molecule has 0 unspecified atom stereocenters. The number of benzene rings is 1. The number of rotatable bonds is 2. The molecule has 0 fully saturated rings. The van der Waals surface area contributed by atoms with Crippen molar-refractivity contribution in [1.29, 1.82) is 0 Å².